The Morgan fingerprint density at radius 1 is 1.06 bits per heavy atom. The van der Waals surface area contributed by atoms with Gasteiger partial charge in [0.1, 0.15) is 0 Å². The molecule has 0 spiro atoms. The highest BCUT2D eigenvalue weighted by atomic mass is 15.2. The number of nitrogens with one attached hydrogen (secondary N) is 1. The molecule has 2 saturated heterocycles. The second kappa shape index (κ2) is 6.72. The van der Waals surface area contributed by atoms with E-state index in [9.17, 15) is 0 Å². The van der Waals surface area contributed by atoms with Gasteiger partial charge in [0.15, 0.2) is 0 Å². The van der Waals surface area contributed by atoms with E-state index >= 15 is 0 Å². The Morgan fingerprint density at radius 3 is 2.29 bits per heavy atom. The largest absolute Gasteiger partial charge is 0.314 e. The predicted molar refractivity (Wildman–Crippen MR) is 73.4 cm³/mol. The predicted octanol–water partition coefficient (Wildman–Crippen LogP) is 1.40. The molecule has 0 atom stereocenters. The Bertz CT molecular complexity index is 204. The van der Waals surface area contributed by atoms with Crippen molar-refractivity contribution < 1.29 is 0 Å². The number of piperidine rings is 1. The molecule has 0 unspecified atom stereocenters. The molecule has 0 aromatic carbocycles. The van der Waals surface area contributed by atoms with Crippen LogP contribution in [-0.4, -0.2) is 61.7 Å². The zero-order valence-electron chi connectivity index (χ0n) is 11.6. The van der Waals surface area contributed by atoms with E-state index in [1.807, 2.05) is 0 Å². The van der Waals surface area contributed by atoms with Gasteiger partial charge in [-0.05, 0) is 58.7 Å². The van der Waals surface area contributed by atoms with Crippen molar-refractivity contribution in [2.75, 3.05) is 45.8 Å². The minimum atomic E-state index is 0.740. The van der Waals surface area contributed by atoms with Crippen LogP contribution in [0.3, 0.4) is 0 Å². The molecule has 2 fully saturated rings. The lowest BCUT2D eigenvalue weighted by Crippen LogP contribution is -2.44. The summed E-state index contributed by atoms with van der Waals surface area (Å²) in [5.74, 6) is 0.986. The van der Waals surface area contributed by atoms with Crippen LogP contribution in [0.4, 0.5) is 0 Å². The summed E-state index contributed by atoms with van der Waals surface area (Å²) in [5, 5.41) is 3.42. The van der Waals surface area contributed by atoms with Crippen LogP contribution in [0.5, 0.6) is 0 Å². The van der Waals surface area contributed by atoms with Crippen LogP contribution >= 0.6 is 0 Å². The summed E-state index contributed by atoms with van der Waals surface area (Å²) in [7, 11) is 0. The Morgan fingerprint density at radius 2 is 1.71 bits per heavy atom. The number of nitrogens with zero attached hydrogens (tertiary/aromatic N) is 2. The maximum Gasteiger partial charge on any atom is 0.0107 e. The molecule has 2 aliphatic rings. The molecule has 0 saturated carbocycles. The van der Waals surface area contributed by atoms with Crippen LogP contribution < -0.4 is 5.32 Å². The highest BCUT2D eigenvalue weighted by Crippen LogP contribution is 2.22. The molecule has 3 heteroatoms. The Labute approximate surface area is 107 Å². The Hall–Kier alpha value is -0.120. The molecular weight excluding hydrogens is 210 g/mol. The summed E-state index contributed by atoms with van der Waals surface area (Å²) in [6, 6.07) is 0.740. The van der Waals surface area contributed by atoms with Gasteiger partial charge in [-0.3, -0.25) is 0 Å². The second-order valence-electron chi connectivity index (χ2n) is 5.95. The fourth-order valence-electron chi connectivity index (χ4n) is 3.06. The smallest absolute Gasteiger partial charge is 0.0107 e. The molecule has 100 valence electrons. The highest BCUT2D eigenvalue weighted by Gasteiger charge is 2.21. The van der Waals surface area contributed by atoms with Gasteiger partial charge in [-0.1, -0.05) is 0 Å². The lowest BCUT2D eigenvalue weighted by atomic mass is 9.92. The second-order valence-corrected chi connectivity index (χ2v) is 5.95. The summed E-state index contributed by atoms with van der Waals surface area (Å²) in [6.45, 7) is 13.5. The molecule has 1 N–H and O–H groups in total. The van der Waals surface area contributed by atoms with E-state index in [-0.39, 0.29) is 0 Å². The molecule has 0 amide bonds. The SMILES string of the molecule is CC(C)N1CCC(CCN2CCNCC2)CC1. The van der Waals surface area contributed by atoms with Gasteiger partial charge < -0.3 is 15.1 Å². The first kappa shape index (κ1) is 13.3. The summed E-state index contributed by atoms with van der Waals surface area (Å²) in [4.78, 5) is 5.26. The van der Waals surface area contributed by atoms with Gasteiger partial charge in [0.2, 0.25) is 0 Å². The van der Waals surface area contributed by atoms with Crippen molar-refractivity contribution in [2.24, 2.45) is 5.92 Å². The lowest BCUT2D eigenvalue weighted by molar-refractivity contribution is 0.134. The fourth-order valence-corrected chi connectivity index (χ4v) is 3.06. The van der Waals surface area contributed by atoms with Crippen molar-refractivity contribution in [1.29, 1.82) is 0 Å². The van der Waals surface area contributed by atoms with Crippen LogP contribution in [0.25, 0.3) is 0 Å². The Kier molecular flexibility index (Phi) is 5.26. The van der Waals surface area contributed by atoms with Crippen LogP contribution in [0, 0.1) is 5.92 Å². The van der Waals surface area contributed by atoms with Crippen LogP contribution in [0.1, 0.15) is 33.1 Å². The number of rotatable bonds is 4. The molecule has 0 aromatic heterocycles. The fraction of sp³-hybridized carbons (Fsp3) is 1.00. The maximum absolute atomic E-state index is 3.42. The molecule has 0 aliphatic carbocycles. The van der Waals surface area contributed by atoms with E-state index in [0.29, 0.717) is 0 Å². The zero-order chi connectivity index (χ0) is 12.1. The van der Waals surface area contributed by atoms with Crippen molar-refractivity contribution in [1.82, 2.24) is 15.1 Å². The Balaban J connectivity index is 1.61. The number of likely N-dealkylation sites (tertiary alicyclic amines) is 1. The van der Waals surface area contributed by atoms with Crippen molar-refractivity contribution >= 4 is 0 Å². The standard InChI is InChI=1S/C14H29N3/c1-13(2)17-9-4-14(5-10-17)3-8-16-11-6-15-7-12-16/h13-15H,3-12H2,1-2H3. The maximum atomic E-state index is 3.42. The minimum absolute atomic E-state index is 0.740. The average Bonchev–Trinajstić information content (AvgIpc) is 2.38. The molecule has 0 aromatic rings. The van der Waals surface area contributed by atoms with Gasteiger partial charge >= 0.3 is 0 Å². The first-order valence-corrected chi connectivity index (χ1v) is 7.43. The van der Waals surface area contributed by atoms with Crippen molar-refractivity contribution in [2.45, 2.75) is 39.2 Å². The van der Waals surface area contributed by atoms with Crippen LogP contribution in [0.15, 0.2) is 0 Å². The quantitative estimate of drug-likeness (QED) is 0.800. The third-order valence-electron chi connectivity index (χ3n) is 4.44. The van der Waals surface area contributed by atoms with Crippen molar-refractivity contribution in [3.05, 3.63) is 0 Å². The van der Waals surface area contributed by atoms with Gasteiger partial charge in [-0.15, -0.1) is 0 Å². The van der Waals surface area contributed by atoms with Crippen molar-refractivity contribution in [3.8, 4) is 0 Å². The minimum Gasteiger partial charge on any atom is -0.314 e. The average molecular weight is 239 g/mol. The third kappa shape index (κ3) is 4.23. The monoisotopic (exact) mass is 239 g/mol. The highest BCUT2D eigenvalue weighted by molar-refractivity contribution is 4.76. The molecule has 0 bridgehead atoms. The zero-order valence-corrected chi connectivity index (χ0v) is 11.6. The molecule has 17 heavy (non-hydrogen) atoms. The van der Waals surface area contributed by atoms with Gasteiger partial charge in [0.25, 0.3) is 0 Å². The van der Waals surface area contributed by atoms with Gasteiger partial charge in [-0.25, -0.2) is 0 Å². The van der Waals surface area contributed by atoms with E-state index in [1.165, 1.54) is 65.1 Å². The summed E-state index contributed by atoms with van der Waals surface area (Å²) >= 11 is 0. The first-order chi connectivity index (χ1) is 8.25. The third-order valence-corrected chi connectivity index (χ3v) is 4.44. The van der Waals surface area contributed by atoms with Gasteiger partial charge in [0.05, 0.1) is 0 Å². The van der Waals surface area contributed by atoms with Crippen molar-refractivity contribution in [3.63, 3.8) is 0 Å². The van der Waals surface area contributed by atoms with E-state index in [4.69, 9.17) is 0 Å². The van der Waals surface area contributed by atoms with E-state index in [0.717, 1.165) is 12.0 Å². The molecule has 2 rings (SSSR count). The number of hydrogen-bond donors (Lipinski definition) is 1. The number of hydrogen-bond acceptors (Lipinski definition) is 3. The lowest BCUT2D eigenvalue weighted by Gasteiger charge is -2.36. The normalized spacial score (nSPS) is 25.6. The van der Waals surface area contributed by atoms with Crippen LogP contribution in [0.2, 0.25) is 0 Å². The molecule has 2 aliphatic heterocycles. The molecule has 3 nitrogen and oxygen atoms in total. The van der Waals surface area contributed by atoms with E-state index in [1.54, 1.807) is 0 Å². The summed E-state index contributed by atoms with van der Waals surface area (Å²) in [6.07, 6.45) is 4.26. The topological polar surface area (TPSA) is 18.5 Å². The summed E-state index contributed by atoms with van der Waals surface area (Å²) in [5.41, 5.74) is 0. The first-order valence-electron chi connectivity index (χ1n) is 7.43. The molecular formula is C14H29N3. The van der Waals surface area contributed by atoms with Gasteiger partial charge in [0, 0.05) is 32.2 Å². The summed E-state index contributed by atoms with van der Waals surface area (Å²) < 4.78 is 0. The van der Waals surface area contributed by atoms with Gasteiger partial charge in [-0.2, -0.15) is 0 Å². The molecule has 2 heterocycles. The van der Waals surface area contributed by atoms with Crippen LogP contribution in [-0.2, 0) is 0 Å². The number of piperazine rings is 1. The molecule has 0 radical (unpaired) electrons. The van der Waals surface area contributed by atoms with E-state index < -0.39 is 0 Å². The van der Waals surface area contributed by atoms with E-state index in [2.05, 4.69) is 29.0 Å².